The first-order valence-corrected chi connectivity index (χ1v) is 9.18. The maximum atomic E-state index is 12.5. The first-order chi connectivity index (χ1) is 12.9. The summed E-state index contributed by atoms with van der Waals surface area (Å²) >= 11 is 0. The van der Waals surface area contributed by atoms with Crippen LogP contribution in [0.3, 0.4) is 0 Å². The molecule has 0 saturated carbocycles. The molecule has 0 radical (unpaired) electrons. The van der Waals surface area contributed by atoms with Gasteiger partial charge in [0.05, 0.1) is 12.8 Å². The van der Waals surface area contributed by atoms with E-state index in [4.69, 9.17) is 4.74 Å². The quantitative estimate of drug-likeness (QED) is 0.794. The summed E-state index contributed by atoms with van der Waals surface area (Å²) in [5.74, 6) is 0.372. The van der Waals surface area contributed by atoms with Crippen LogP contribution < -0.4 is 15.0 Å². The zero-order valence-corrected chi connectivity index (χ0v) is 16.8. The van der Waals surface area contributed by atoms with Crippen molar-refractivity contribution in [1.82, 2.24) is 0 Å². The number of nitrogens with one attached hydrogen (secondary N) is 1. The lowest BCUT2D eigenvalue weighted by Crippen LogP contribution is -2.32. The Hall–Kier alpha value is -2.82. The van der Waals surface area contributed by atoms with Crippen LogP contribution in [0.2, 0.25) is 0 Å². The number of hydrogen-bond donors (Lipinski definition) is 1. The summed E-state index contributed by atoms with van der Waals surface area (Å²) in [4.78, 5) is 26.3. The van der Waals surface area contributed by atoms with Gasteiger partial charge in [-0.05, 0) is 49.1 Å². The molecule has 0 atom stereocenters. The Morgan fingerprint density at radius 2 is 1.89 bits per heavy atom. The van der Waals surface area contributed by atoms with E-state index in [0.717, 1.165) is 28.8 Å². The highest BCUT2D eigenvalue weighted by Crippen LogP contribution is 2.29. The molecule has 0 bridgehead atoms. The highest BCUT2D eigenvalue weighted by Gasteiger charge is 2.18. The minimum absolute atomic E-state index is 0.114. The molecule has 5 heteroatoms. The lowest BCUT2D eigenvalue weighted by atomic mass is 10.1. The molecule has 0 spiro atoms. The van der Waals surface area contributed by atoms with Gasteiger partial charge in [0, 0.05) is 25.6 Å². The number of carbonyl (C=O) groups excluding carboxylic acids is 2. The number of aryl methyl sites for hydroxylation is 3. The summed E-state index contributed by atoms with van der Waals surface area (Å²) in [6.45, 7) is 7.78. The van der Waals surface area contributed by atoms with Crippen molar-refractivity contribution in [3.8, 4) is 5.75 Å². The summed E-state index contributed by atoms with van der Waals surface area (Å²) < 4.78 is 5.39. The van der Waals surface area contributed by atoms with Gasteiger partial charge in [-0.3, -0.25) is 9.59 Å². The number of rotatable bonds is 7. The summed E-state index contributed by atoms with van der Waals surface area (Å²) in [7, 11) is 1.57. The first kappa shape index (κ1) is 20.5. The van der Waals surface area contributed by atoms with Crippen LogP contribution in [0.4, 0.5) is 11.4 Å². The Balaban J connectivity index is 2.14. The zero-order valence-electron chi connectivity index (χ0n) is 16.8. The van der Waals surface area contributed by atoms with Crippen molar-refractivity contribution in [3.05, 3.63) is 53.1 Å². The van der Waals surface area contributed by atoms with Crippen LogP contribution in [0, 0.1) is 13.8 Å². The predicted octanol–water partition coefficient (Wildman–Crippen LogP) is 4.26. The molecule has 0 heterocycles. The van der Waals surface area contributed by atoms with E-state index in [1.165, 1.54) is 6.92 Å². The Morgan fingerprint density at radius 3 is 2.52 bits per heavy atom. The van der Waals surface area contributed by atoms with Crippen LogP contribution in [0.25, 0.3) is 0 Å². The molecule has 2 amide bonds. The van der Waals surface area contributed by atoms with Crippen LogP contribution in [-0.4, -0.2) is 25.5 Å². The molecule has 2 aromatic carbocycles. The van der Waals surface area contributed by atoms with Crippen LogP contribution in [0.1, 0.15) is 37.0 Å². The van der Waals surface area contributed by atoms with Crippen molar-refractivity contribution in [2.75, 3.05) is 23.9 Å². The highest BCUT2D eigenvalue weighted by molar-refractivity contribution is 5.96. The van der Waals surface area contributed by atoms with Crippen molar-refractivity contribution in [3.63, 3.8) is 0 Å². The molecule has 27 heavy (non-hydrogen) atoms. The number of nitrogens with zero attached hydrogens (tertiary/aromatic N) is 1. The van der Waals surface area contributed by atoms with Crippen LogP contribution in [0.15, 0.2) is 36.4 Å². The topological polar surface area (TPSA) is 58.6 Å². The fraction of sp³-hybridized carbons (Fsp3) is 0.364. The third kappa shape index (κ3) is 5.09. The van der Waals surface area contributed by atoms with Gasteiger partial charge in [0.15, 0.2) is 0 Å². The molecule has 0 aliphatic carbocycles. The Kier molecular flexibility index (Phi) is 6.99. The Morgan fingerprint density at radius 1 is 1.15 bits per heavy atom. The molecule has 0 aliphatic rings. The lowest BCUT2D eigenvalue weighted by molar-refractivity contribution is -0.117. The molecular formula is C22H28N2O3. The average molecular weight is 368 g/mol. The van der Waals surface area contributed by atoms with Crippen molar-refractivity contribution in [1.29, 1.82) is 0 Å². The van der Waals surface area contributed by atoms with Gasteiger partial charge in [0.1, 0.15) is 5.75 Å². The molecule has 2 aromatic rings. The summed E-state index contributed by atoms with van der Waals surface area (Å²) in [5, 5.41) is 3.01. The molecule has 0 aromatic heterocycles. The Bertz CT molecular complexity index is 830. The maximum absolute atomic E-state index is 12.5. The van der Waals surface area contributed by atoms with E-state index >= 15 is 0 Å². The van der Waals surface area contributed by atoms with E-state index < -0.39 is 0 Å². The number of methoxy groups -OCH3 is 1. The van der Waals surface area contributed by atoms with Crippen LogP contribution in [-0.2, 0) is 16.0 Å². The van der Waals surface area contributed by atoms with Crippen molar-refractivity contribution in [2.45, 2.75) is 40.5 Å². The molecule has 2 rings (SSSR count). The number of anilines is 2. The minimum Gasteiger partial charge on any atom is -0.495 e. The maximum Gasteiger partial charge on any atom is 0.226 e. The van der Waals surface area contributed by atoms with Gasteiger partial charge in [0.25, 0.3) is 0 Å². The van der Waals surface area contributed by atoms with Crippen molar-refractivity contribution >= 4 is 23.2 Å². The molecule has 0 fully saturated rings. The van der Waals surface area contributed by atoms with Gasteiger partial charge in [-0.1, -0.05) is 31.2 Å². The number of amides is 2. The molecule has 0 unspecified atom stereocenters. The molecule has 144 valence electrons. The second kappa shape index (κ2) is 9.21. The van der Waals surface area contributed by atoms with Gasteiger partial charge in [-0.15, -0.1) is 0 Å². The van der Waals surface area contributed by atoms with Gasteiger partial charge >= 0.3 is 0 Å². The largest absolute Gasteiger partial charge is 0.495 e. The van der Waals surface area contributed by atoms with Gasteiger partial charge in [-0.2, -0.15) is 0 Å². The number of carbonyl (C=O) groups is 2. The van der Waals surface area contributed by atoms with Crippen molar-refractivity contribution < 1.29 is 14.3 Å². The highest BCUT2D eigenvalue weighted by atomic mass is 16.5. The van der Waals surface area contributed by atoms with E-state index in [0.29, 0.717) is 11.4 Å². The fourth-order valence-electron chi connectivity index (χ4n) is 3.08. The predicted molar refractivity (Wildman–Crippen MR) is 110 cm³/mol. The number of para-hydroxylation sites is 1. The van der Waals surface area contributed by atoms with Crippen LogP contribution in [0.5, 0.6) is 5.75 Å². The number of benzene rings is 2. The SMILES string of the molecule is CCc1cccc(C)c1NC(=O)CCN(C(C)=O)c1cc(C)ccc1OC. The zero-order chi connectivity index (χ0) is 20.0. The average Bonchev–Trinajstić information content (AvgIpc) is 2.63. The van der Waals surface area contributed by atoms with Crippen molar-refractivity contribution in [2.24, 2.45) is 0 Å². The summed E-state index contributed by atoms with van der Waals surface area (Å²) in [6.07, 6.45) is 1.05. The molecule has 1 N–H and O–H groups in total. The van der Waals surface area contributed by atoms with Gasteiger partial charge in [-0.25, -0.2) is 0 Å². The standard InChI is InChI=1S/C22H28N2O3/c1-6-18-9-7-8-16(3)22(18)23-21(26)12-13-24(17(4)25)19-14-15(2)10-11-20(19)27-5/h7-11,14H,6,12-13H2,1-5H3,(H,23,26). The fourth-order valence-corrected chi connectivity index (χ4v) is 3.08. The third-order valence-electron chi connectivity index (χ3n) is 4.57. The van der Waals surface area contributed by atoms with Crippen LogP contribution >= 0.6 is 0 Å². The minimum atomic E-state index is -0.128. The Labute approximate surface area is 161 Å². The molecular weight excluding hydrogens is 340 g/mol. The number of hydrogen-bond acceptors (Lipinski definition) is 3. The molecule has 5 nitrogen and oxygen atoms in total. The molecule has 0 aliphatic heterocycles. The van der Waals surface area contributed by atoms with E-state index in [-0.39, 0.29) is 24.8 Å². The summed E-state index contributed by atoms with van der Waals surface area (Å²) in [6, 6.07) is 11.6. The first-order valence-electron chi connectivity index (χ1n) is 9.18. The second-order valence-electron chi connectivity index (χ2n) is 6.61. The van der Waals surface area contributed by atoms with E-state index in [9.17, 15) is 9.59 Å². The van der Waals surface area contributed by atoms with E-state index in [1.807, 2.05) is 50.2 Å². The number of ether oxygens (including phenoxy) is 1. The smallest absolute Gasteiger partial charge is 0.226 e. The van der Waals surface area contributed by atoms with Gasteiger partial charge in [0.2, 0.25) is 11.8 Å². The van der Waals surface area contributed by atoms with Gasteiger partial charge < -0.3 is 15.0 Å². The normalized spacial score (nSPS) is 10.4. The summed E-state index contributed by atoms with van der Waals surface area (Å²) in [5.41, 5.74) is 4.71. The second-order valence-corrected chi connectivity index (χ2v) is 6.61. The lowest BCUT2D eigenvalue weighted by Gasteiger charge is -2.24. The molecule has 0 saturated heterocycles. The van der Waals surface area contributed by atoms with E-state index in [2.05, 4.69) is 12.2 Å². The monoisotopic (exact) mass is 368 g/mol. The van der Waals surface area contributed by atoms with E-state index in [1.54, 1.807) is 12.0 Å². The third-order valence-corrected chi connectivity index (χ3v) is 4.57.